The van der Waals surface area contributed by atoms with Crippen molar-refractivity contribution >= 4 is 18.1 Å². The Hall–Kier alpha value is -3.66. The fraction of sp³-hybridized carbons (Fsp3) is 0.120. The van der Waals surface area contributed by atoms with Gasteiger partial charge >= 0.3 is 6.09 Å². The van der Waals surface area contributed by atoms with E-state index in [1.54, 1.807) is 6.08 Å². The molecule has 0 N–H and O–H groups in total. The SMILES string of the molecule is O=C(/C=C/c1ccc(-c2ccccc2)cc1)N1C(=O)OC[C@@H]1Cc1ccccc1. The summed E-state index contributed by atoms with van der Waals surface area (Å²) >= 11 is 0. The van der Waals surface area contributed by atoms with Gasteiger partial charge in [-0.05, 0) is 34.8 Å². The molecule has 1 saturated heterocycles. The van der Waals surface area contributed by atoms with E-state index in [1.165, 1.54) is 11.0 Å². The van der Waals surface area contributed by atoms with Crippen LogP contribution < -0.4 is 0 Å². The predicted molar refractivity (Wildman–Crippen MR) is 113 cm³/mol. The molecule has 3 aromatic rings. The van der Waals surface area contributed by atoms with Crippen molar-refractivity contribution in [1.82, 2.24) is 4.90 Å². The largest absolute Gasteiger partial charge is 0.447 e. The molecule has 4 nitrogen and oxygen atoms in total. The van der Waals surface area contributed by atoms with Gasteiger partial charge in [-0.2, -0.15) is 0 Å². The highest BCUT2D eigenvalue weighted by molar-refractivity contribution is 6.02. The number of cyclic esters (lactones) is 1. The van der Waals surface area contributed by atoms with Crippen molar-refractivity contribution in [2.75, 3.05) is 6.61 Å². The van der Waals surface area contributed by atoms with Crippen molar-refractivity contribution in [2.45, 2.75) is 12.5 Å². The molecule has 0 unspecified atom stereocenters. The molecule has 4 rings (SSSR count). The smallest absolute Gasteiger partial charge is 0.417 e. The summed E-state index contributed by atoms with van der Waals surface area (Å²) in [7, 11) is 0. The zero-order chi connectivity index (χ0) is 20.1. The van der Waals surface area contributed by atoms with Crippen LogP contribution in [0.2, 0.25) is 0 Å². The normalized spacial score (nSPS) is 16.2. The lowest BCUT2D eigenvalue weighted by atomic mass is 10.0. The first-order valence-corrected chi connectivity index (χ1v) is 9.58. The number of imide groups is 1. The third-order valence-corrected chi connectivity index (χ3v) is 4.95. The molecule has 1 aliphatic heterocycles. The molecule has 0 aliphatic carbocycles. The van der Waals surface area contributed by atoms with Crippen molar-refractivity contribution in [3.8, 4) is 11.1 Å². The van der Waals surface area contributed by atoms with Crippen LogP contribution in [0.25, 0.3) is 17.2 Å². The lowest BCUT2D eigenvalue weighted by Crippen LogP contribution is -2.39. The van der Waals surface area contributed by atoms with E-state index in [9.17, 15) is 9.59 Å². The van der Waals surface area contributed by atoms with Gasteiger partial charge in [-0.15, -0.1) is 0 Å². The maximum absolute atomic E-state index is 12.7. The van der Waals surface area contributed by atoms with Crippen molar-refractivity contribution in [3.05, 3.63) is 102 Å². The predicted octanol–water partition coefficient (Wildman–Crippen LogP) is 4.96. The standard InChI is InChI=1S/C25H21NO3/c27-24(26-23(18-29-25(26)28)17-20-7-3-1-4-8-20)16-13-19-11-14-22(15-12-19)21-9-5-2-6-10-21/h1-16,23H,17-18H2/b16-13+/t23-/m0/s1. The van der Waals surface area contributed by atoms with Crippen LogP contribution in [0.3, 0.4) is 0 Å². The third-order valence-electron chi connectivity index (χ3n) is 4.95. The van der Waals surface area contributed by atoms with Crippen molar-refractivity contribution in [1.29, 1.82) is 0 Å². The fourth-order valence-corrected chi connectivity index (χ4v) is 3.43. The third kappa shape index (κ3) is 4.43. The van der Waals surface area contributed by atoms with Crippen molar-refractivity contribution < 1.29 is 14.3 Å². The Bertz CT molecular complexity index is 1010. The molecule has 0 aromatic heterocycles. The van der Waals surface area contributed by atoms with E-state index >= 15 is 0 Å². The lowest BCUT2D eigenvalue weighted by molar-refractivity contribution is -0.124. The number of rotatable bonds is 5. The summed E-state index contributed by atoms with van der Waals surface area (Å²) in [5.41, 5.74) is 4.21. The molecule has 29 heavy (non-hydrogen) atoms. The number of benzene rings is 3. The monoisotopic (exact) mass is 383 g/mol. The summed E-state index contributed by atoms with van der Waals surface area (Å²) < 4.78 is 5.12. The Morgan fingerprint density at radius 2 is 1.52 bits per heavy atom. The van der Waals surface area contributed by atoms with Gasteiger partial charge < -0.3 is 4.74 Å². The second-order valence-electron chi connectivity index (χ2n) is 6.95. The first-order valence-electron chi connectivity index (χ1n) is 9.58. The molecule has 2 amide bonds. The molecule has 144 valence electrons. The van der Waals surface area contributed by atoms with E-state index in [1.807, 2.05) is 72.8 Å². The summed E-state index contributed by atoms with van der Waals surface area (Å²) in [5, 5.41) is 0. The van der Waals surface area contributed by atoms with E-state index in [0.717, 1.165) is 22.3 Å². The number of nitrogens with zero attached hydrogens (tertiary/aromatic N) is 1. The minimum Gasteiger partial charge on any atom is -0.447 e. The molecule has 1 aliphatic rings. The van der Waals surface area contributed by atoms with E-state index in [0.29, 0.717) is 6.42 Å². The molecule has 1 atom stereocenters. The van der Waals surface area contributed by atoms with Gasteiger partial charge in [0.15, 0.2) is 0 Å². The molecule has 0 spiro atoms. The van der Waals surface area contributed by atoms with Gasteiger partial charge in [-0.3, -0.25) is 4.79 Å². The van der Waals surface area contributed by atoms with Gasteiger partial charge in [0.2, 0.25) is 0 Å². The van der Waals surface area contributed by atoms with Crippen LogP contribution in [0, 0.1) is 0 Å². The number of carbonyl (C=O) groups excluding carboxylic acids is 2. The Kier molecular flexibility index (Phi) is 5.52. The zero-order valence-electron chi connectivity index (χ0n) is 15.9. The molecular formula is C25H21NO3. The Morgan fingerprint density at radius 1 is 0.897 bits per heavy atom. The van der Waals surface area contributed by atoms with Gasteiger partial charge in [0, 0.05) is 6.08 Å². The summed E-state index contributed by atoms with van der Waals surface area (Å²) in [4.78, 5) is 25.9. The number of hydrogen-bond acceptors (Lipinski definition) is 3. The quantitative estimate of drug-likeness (QED) is 0.585. The minimum absolute atomic E-state index is 0.221. The summed E-state index contributed by atoms with van der Waals surface area (Å²) in [6.07, 6.45) is 3.16. The number of hydrogen-bond donors (Lipinski definition) is 0. The Balaban J connectivity index is 1.44. The molecular weight excluding hydrogens is 362 g/mol. The van der Waals surface area contributed by atoms with Crippen molar-refractivity contribution in [2.24, 2.45) is 0 Å². The van der Waals surface area contributed by atoms with Crippen LogP contribution in [0.15, 0.2) is 91.0 Å². The second-order valence-corrected chi connectivity index (χ2v) is 6.95. The van der Waals surface area contributed by atoms with Gasteiger partial charge in [0.05, 0.1) is 6.04 Å². The average molecular weight is 383 g/mol. The highest BCUT2D eigenvalue weighted by atomic mass is 16.6. The lowest BCUT2D eigenvalue weighted by Gasteiger charge is -2.18. The van der Waals surface area contributed by atoms with Gasteiger partial charge in [-0.25, -0.2) is 9.69 Å². The molecule has 0 radical (unpaired) electrons. The van der Waals surface area contributed by atoms with Crippen LogP contribution in [0.4, 0.5) is 4.79 Å². The number of carbonyl (C=O) groups is 2. The minimum atomic E-state index is -0.583. The number of ether oxygens (including phenoxy) is 1. The fourth-order valence-electron chi connectivity index (χ4n) is 3.43. The van der Waals surface area contributed by atoms with E-state index in [2.05, 4.69) is 12.1 Å². The molecule has 1 fully saturated rings. The molecule has 0 saturated carbocycles. The van der Waals surface area contributed by atoms with E-state index < -0.39 is 6.09 Å². The van der Waals surface area contributed by atoms with Gasteiger partial charge in [-0.1, -0.05) is 84.9 Å². The summed E-state index contributed by atoms with van der Waals surface area (Å²) in [5.74, 6) is -0.361. The first-order chi connectivity index (χ1) is 14.2. The number of amides is 2. The Morgan fingerprint density at radius 3 is 2.21 bits per heavy atom. The molecule has 4 heteroatoms. The Labute approximate surface area is 170 Å². The maximum Gasteiger partial charge on any atom is 0.417 e. The van der Waals surface area contributed by atoms with Crippen LogP contribution in [-0.2, 0) is 16.0 Å². The molecule has 1 heterocycles. The molecule has 0 bridgehead atoms. The topological polar surface area (TPSA) is 46.6 Å². The van der Waals surface area contributed by atoms with E-state index in [-0.39, 0.29) is 18.6 Å². The van der Waals surface area contributed by atoms with E-state index in [4.69, 9.17) is 4.74 Å². The summed E-state index contributed by atoms with van der Waals surface area (Å²) in [6, 6.07) is 27.5. The maximum atomic E-state index is 12.7. The van der Waals surface area contributed by atoms with Gasteiger partial charge in [0.25, 0.3) is 5.91 Å². The van der Waals surface area contributed by atoms with Crippen LogP contribution in [0.5, 0.6) is 0 Å². The summed E-state index contributed by atoms with van der Waals surface area (Å²) in [6.45, 7) is 0.221. The van der Waals surface area contributed by atoms with Crippen LogP contribution in [-0.4, -0.2) is 29.5 Å². The van der Waals surface area contributed by atoms with Crippen LogP contribution >= 0.6 is 0 Å². The second kappa shape index (κ2) is 8.57. The van der Waals surface area contributed by atoms with Crippen molar-refractivity contribution in [3.63, 3.8) is 0 Å². The highest BCUT2D eigenvalue weighted by Gasteiger charge is 2.36. The zero-order valence-corrected chi connectivity index (χ0v) is 15.9. The first kappa shape index (κ1) is 18.7. The molecule has 3 aromatic carbocycles. The van der Waals surface area contributed by atoms with Crippen LogP contribution in [0.1, 0.15) is 11.1 Å². The average Bonchev–Trinajstić information content (AvgIpc) is 3.13. The highest BCUT2D eigenvalue weighted by Crippen LogP contribution is 2.21. The van der Waals surface area contributed by atoms with Gasteiger partial charge in [0.1, 0.15) is 6.61 Å².